The maximum absolute atomic E-state index is 12.9. The van der Waals surface area contributed by atoms with Crippen molar-refractivity contribution in [3.63, 3.8) is 0 Å². The lowest BCUT2D eigenvalue weighted by molar-refractivity contribution is -0.118. The van der Waals surface area contributed by atoms with Gasteiger partial charge in [-0.3, -0.25) is 9.69 Å². The van der Waals surface area contributed by atoms with Crippen LogP contribution in [0.2, 0.25) is 5.02 Å². The van der Waals surface area contributed by atoms with Crippen molar-refractivity contribution in [1.29, 1.82) is 0 Å². The predicted molar refractivity (Wildman–Crippen MR) is 127 cm³/mol. The Bertz CT molecular complexity index is 1330. The van der Waals surface area contributed by atoms with Crippen molar-refractivity contribution >= 4 is 35.0 Å². The maximum Gasteiger partial charge on any atom is 0.247 e. The minimum Gasteiger partial charge on any atom is -0.455 e. The molecule has 9 heteroatoms. The van der Waals surface area contributed by atoms with Gasteiger partial charge >= 0.3 is 0 Å². The first kappa shape index (κ1) is 21.5. The topological polar surface area (TPSA) is 81.3 Å². The van der Waals surface area contributed by atoms with Crippen molar-refractivity contribution in [2.24, 2.45) is 0 Å². The van der Waals surface area contributed by atoms with E-state index in [-0.39, 0.29) is 5.91 Å². The molecular weight excluding hydrogens is 460 g/mol. The summed E-state index contributed by atoms with van der Waals surface area (Å²) in [4.78, 5) is 19.0. The first-order chi connectivity index (χ1) is 16.0. The van der Waals surface area contributed by atoms with Gasteiger partial charge in [0.2, 0.25) is 23.2 Å². The number of nitrogens with zero attached hydrogens (tertiary/aromatic N) is 4. The first-order valence-electron chi connectivity index (χ1n) is 10.3. The molecule has 0 aliphatic carbocycles. The van der Waals surface area contributed by atoms with E-state index in [1.807, 2.05) is 49.4 Å². The standard InChI is InChI=1S/C24H19ClN4O3S/c1-3-33-24-26-22-21(27-28-24)17-6-4-5-7-18(17)29(14(2)30)23(32-22)20-13-12-19(31-20)15-8-10-16(25)11-9-15/h4-13,23H,3H2,1-2H3/t23-/m1/s1. The molecule has 5 rings (SSSR count). The summed E-state index contributed by atoms with van der Waals surface area (Å²) in [5.74, 6) is 1.98. The molecule has 2 aromatic heterocycles. The lowest BCUT2D eigenvalue weighted by Gasteiger charge is -2.28. The number of anilines is 1. The van der Waals surface area contributed by atoms with Crippen LogP contribution < -0.4 is 9.64 Å². The van der Waals surface area contributed by atoms with Gasteiger partial charge < -0.3 is 9.15 Å². The first-order valence-corrected chi connectivity index (χ1v) is 11.7. The lowest BCUT2D eigenvalue weighted by atomic mass is 10.1. The van der Waals surface area contributed by atoms with Crippen molar-refractivity contribution in [3.05, 3.63) is 71.4 Å². The summed E-state index contributed by atoms with van der Waals surface area (Å²) in [5.41, 5.74) is 2.69. The quantitative estimate of drug-likeness (QED) is 0.332. The Kier molecular flexibility index (Phi) is 5.78. The van der Waals surface area contributed by atoms with Crippen molar-refractivity contribution in [2.75, 3.05) is 10.7 Å². The number of rotatable bonds is 4. The second-order valence-corrected chi connectivity index (χ2v) is 8.93. The van der Waals surface area contributed by atoms with E-state index >= 15 is 0 Å². The molecule has 1 aliphatic rings. The van der Waals surface area contributed by atoms with Gasteiger partial charge in [0, 0.05) is 23.1 Å². The number of benzene rings is 2. The lowest BCUT2D eigenvalue weighted by Crippen LogP contribution is -2.35. The zero-order chi connectivity index (χ0) is 22.9. The van der Waals surface area contributed by atoms with Gasteiger partial charge in [-0.25, -0.2) is 0 Å². The average molecular weight is 479 g/mol. The third kappa shape index (κ3) is 4.07. The summed E-state index contributed by atoms with van der Waals surface area (Å²) < 4.78 is 12.5. The van der Waals surface area contributed by atoms with Crippen molar-refractivity contribution < 1.29 is 13.9 Å². The zero-order valence-electron chi connectivity index (χ0n) is 17.9. The molecule has 1 amide bonds. The summed E-state index contributed by atoms with van der Waals surface area (Å²) in [6.45, 7) is 3.50. The van der Waals surface area contributed by atoms with Crippen LogP contribution in [-0.2, 0) is 4.79 Å². The molecular formula is C24H19ClN4O3S. The molecule has 166 valence electrons. The Hall–Kier alpha value is -3.36. The molecule has 4 aromatic rings. The highest BCUT2D eigenvalue weighted by Crippen LogP contribution is 2.44. The summed E-state index contributed by atoms with van der Waals surface area (Å²) in [6.07, 6.45) is -0.873. The van der Waals surface area contributed by atoms with Crippen LogP contribution in [0, 0.1) is 0 Å². The number of carbonyl (C=O) groups excluding carboxylic acids is 1. The molecule has 0 saturated carbocycles. The summed E-state index contributed by atoms with van der Waals surface area (Å²) in [5, 5.41) is 9.75. The minimum atomic E-state index is -0.873. The fourth-order valence-corrected chi connectivity index (χ4v) is 4.31. The highest BCUT2D eigenvalue weighted by Gasteiger charge is 2.36. The minimum absolute atomic E-state index is 0.208. The van der Waals surface area contributed by atoms with Crippen LogP contribution in [0.5, 0.6) is 5.88 Å². The Labute approximate surface area is 199 Å². The van der Waals surface area contributed by atoms with Gasteiger partial charge in [-0.05, 0) is 48.2 Å². The number of fused-ring (bicyclic) bond motifs is 3. The normalized spacial score (nSPS) is 14.8. The number of carbonyl (C=O) groups is 1. The smallest absolute Gasteiger partial charge is 0.247 e. The molecule has 0 fully saturated rings. The predicted octanol–water partition coefficient (Wildman–Crippen LogP) is 6.01. The molecule has 7 nitrogen and oxygen atoms in total. The molecule has 2 aromatic carbocycles. The average Bonchev–Trinajstić information content (AvgIpc) is 3.24. The van der Waals surface area contributed by atoms with Crippen molar-refractivity contribution in [1.82, 2.24) is 15.2 Å². The molecule has 3 heterocycles. The molecule has 0 spiro atoms. The number of hydrogen-bond donors (Lipinski definition) is 0. The van der Waals surface area contributed by atoms with Crippen LogP contribution in [0.25, 0.3) is 22.6 Å². The fraction of sp³-hybridized carbons (Fsp3) is 0.167. The summed E-state index contributed by atoms with van der Waals surface area (Å²) in [6, 6.07) is 18.4. The number of amides is 1. The molecule has 0 unspecified atom stereocenters. The van der Waals surface area contributed by atoms with E-state index in [0.717, 1.165) is 11.3 Å². The van der Waals surface area contributed by atoms with Crippen LogP contribution in [-0.4, -0.2) is 26.8 Å². The van der Waals surface area contributed by atoms with Crippen molar-refractivity contribution in [2.45, 2.75) is 25.2 Å². The van der Waals surface area contributed by atoms with Gasteiger partial charge in [0.05, 0.1) is 5.69 Å². The molecule has 0 saturated heterocycles. The number of halogens is 1. The van der Waals surface area contributed by atoms with Gasteiger partial charge in [0.1, 0.15) is 5.76 Å². The Morgan fingerprint density at radius 1 is 1.09 bits per heavy atom. The van der Waals surface area contributed by atoms with Crippen LogP contribution in [0.3, 0.4) is 0 Å². The van der Waals surface area contributed by atoms with Crippen molar-refractivity contribution in [3.8, 4) is 28.5 Å². The number of thioether (sulfide) groups is 1. The second-order valence-electron chi connectivity index (χ2n) is 7.27. The highest BCUT2D eigenvalue weighted by atomic mass is 35.5. The Morgan fingerprint density at radius 2 is 1.88 bits per heavy atom. The van der Waals surface area contributed by atoms with Gasteiger partial charge in [0.15, 0.2) is 11.5 Å². The number of furan rings is 1. The summed E-state index contributed by atoms with van der Waals surface area (Å²) in [7, 11) is 0. The maximum atomic E-state index is 12.9. The third-order valence-corrected chi connectivity index (χ3v) is 6.10. The van der Waals surface area contributed by atoms with E-state index in [2.05, 4.69) is 15.2 Å². The van der Waals surface area contributed by atoms with Gasteiger partial charge in [-0.15, -0.1) is 10.2 Å². The van der Waals surface area contributed by atoms with Crippen LogP contribution in [0.1, 0.15) is 25.8 Å². The van der Waals surface area contributed by atoms with Crippen LogP contribution in [0.15, 0.2) is 70.2 Å². The van der Waals surface area contributed by atoms with Gasteiger partial charge in [0.25, 0.3) is 0 Å². The van der Waals surface area contributed by atoms with Gasteiger partial charge in [-0.2, -0.15) is 4.98 Å². The molecule has 0 radical (unpaired) electrons. The SMILES string of the molecule is CCSc1nnc2c(n1)O[C@H](c1ccc(-c3ccc(Cl)cc3)o1)N(C(C)=O)c1ccccc1-2. The van der Waals surface area contributed by atoms with E-state index in [9.17, 15) is 4.79 Å². The Balaban J connectivity index is 1.64. The number of ether oxygens (including phenoxy) is 1. The van der Waals surface area contributed by atoms with E-state index in [0.29, 0.717) is 44.5 Å². The van der Waals surface area contributed by atoms with Crippen LogP contribution >= 0.6 is 23.4 Å². The zero-order valence-corrected chi connectivity index (χ0v) is 19.4. The molecule has 1 aliphatic heterocycles. The molecule has 33 heavy (non-hydrogen) atoms. The number of hydrogen-bond acceptors (Lipinski definition) is 7. The largest absolute Gasteiger partial charge is 0.455 e. The molecule has 0 N–H and O–H groups in total. The molecule has 0 bridgehead atoms. The van der Waals surface area contributed by atoms with E-state index < -0.39 is 6.23 Å². The van der Waals surface area contributed by atoms with E-state index in [4.69, 9.17) is 20.8 Å². The molecule has 1 atom stereocenters. The second kappa shape index (κ2) is 8.88. The summed E-state index contributed by atoms with van der Waals surface area (Å²) >= 11 is 7.48. The van der Waals surface area contributed by atoms with E-state index in [1.165, 1.54) is 18.7 Å². The fourth-order valence-electron chi connectivity index (χ4n) is 3.68. The number of para-hydroxylation sites is 1. The van der Waals surface area contributed by atoms with E-state index in [1.54, 1.807) is 23.1 Å². The van der Waals surface area contributed by atoms with Crippen LogP contribution in [0.4, 0.5) is 5.69 Å². The Morgan fingerprint density at radius 3 is 2.64 bits per heavy atom. The monoisotopic (exact) mass is 478 g/mol. The highest BCUT2D eigenvalue weighted by molar-refractivity contribution is 7.99. The number of aromatic nitrogens is 3. The van der Waals surface area contributed by atoms with Gasteiger partial charge in [-0.1, -0.05) is 48.5 Å². The third-order valence-electron chi connectivity index (χ3n) is 5.12.